The van der Waals surface area contributed by atoms with E-state index in [1.807, 2.05) is 30.3 Å². The third-order valence-corrected chi connectivity index (χ3v) is 6.42. The Bertz CT molecular complexity index is 681. The van der Waals surface area contributed by atoms with Crippen molar-refractivity contribution in [3.05, 3.63) is 35.9 Å². The molecule has 0 radical (unpaired) electrons. The molecule has 0 spiro atoms. The van der Waals surface area contributed by atoms with Gasteiger partial charge in [0.05, 0.1) is 12.1 Å². The topological polar surface area (TPSA) is 84.2 Å². The second-order valence-corrected chi connectivity index (χ2v) is 9.89. The van der Waals surface area contributed by atoms with Crippen LogP contribution in [0.2, 0.25) is 0 Å². The van der Waals surface area contributed by atoms with Crippen LogP contribution in [0.5, 0.6) is 0 Å². The van der Waals surface area contributed by atoms with Gasteiger partial charge in [0, 0.05) is 12.5 Å². The summed E-state index contributed by atoms with van der Waals surface area (Å²) in [7, 11) is 0. The molecule has 2 rings (SSSR count). The number of nitrogens with one attached hydrogen (secondary N) is 2. The third-order valence-electron chi connectivity index (χ3n) is 6.42. The number of carbonyl (C=O) groups is 2. The van der Waals surface area contributed by atoms with Gasteiger partial charge in [-0.05, 0) is 48.5 Å². The molecule has 0 aliphatic heterocycles. The van der Waals surface area contributed by atoms with Gasteiger partial charge in [-0.1, -0.05) is 71.4 Å². The lowest BCUT2D eigenvalue weighted by molar-refractivity contribution is -0.130. The SMILES string of the molecule is CC(C)C[C@@H](N)C(=O)N[C@H](CNC(=O)[C@@H]1C[C@H](C)CC[C@H]1C(C)C)c1ccccc1.Cl. The molecule has 31 heavy (non-hydrogen) atoms. The van der Waals surface area contributed by atoms with E-state index in [2.05, 4.69) is 45.3 Å². The number of rotatable bonds is 9. The van der Waals surface area contributed by atoms with Crippen molar-refractivity contribution >= 4 is 24.2 Å². The molecule has 5 atom stereocenters. The normalized spacial score (nSPS) is 23.0. The minimum Gasteiger partial charge on any atom is -0.353 e. The van der Waals surface area contributed by atoms with Crippen LogP contribution in [0.15, 0.2) is 30.3 Å². The Morgan fingerprint density at radius 3 is 2.32 bits per heavy atom. The first-order chi connectivity index (χ1) is 14.2. The average molecular weight is 452 g/mol. The van der Waals surface area contributed by atoms with Gasteiger partial charge in [0.15, 0.2) is 0 Å². The first-order valence-corrected chi connectivity index (χ1v) is 11.6. The molecule has 0 unspecified atom stereocenters. The molecule has 6 heteroatoms. The molecule has 1 aliphatic carbocycles. The van der Waals surface area contributed by atoms with Crippen LogP contribution >= 0.6 is 12.4 Å². The number of benzene rings is 1. The molecule has 1 aliphatic rings. The Balaban J connectivity index is 0.00000480. The summed E-state index contributed by atoms with van der Waals surface area (Å²) in [5, 5.41) is 6.21. The average Bonchev–Trinajstić information content (AvgIpc) is 2.70. The van der Waals surface area contributed by atoms with Gasteiger partial charge in [0.25, 0.3) is 0 Å². The maximum Gasteiger partial charge on any atom is 0.237 e. The van der Waals surface area contributed by atoms with Gasteiger partial charge in [0.1, 0.15) is 0 Å². The van der Waals surface area contributed by atoms with E-state index in [1.165, 1.54) is 6.42 Å². The van der Waals surface area contributed by atoms with Crippen molar-refractivity contribution in [1.82, 2.24) is 10.6 Å². The van der Waals surface area contributed by atoms with Crippen LogP contribution in [-0.4, -0.2) is 24.4 Å². The molecule has 0 bridgehead atoms. The minimum absolute atomic E-state index is 0. The molecule has 2 amide bonds. The summed E-state index contributed by atoms with van der Waals surface area (Å²) in [5.41, 5.74) is 7.06. The molecule has 1 aromatic carbocycles. The molecule has 4 N–H and O–H groups in total. The summed E-state index contributed by atoms with van der Waals surface area (Å²) >= 11 is 0. The van der Waals surface area contributed by atoms with Crippen LogP contribution in [0.1, 0.15) is 71.9 Å². The lowest BCUT2D eigenvalue weighted by Gasteiger charge is -2.36. The fraction of sp³-hybridized carbons (Fsp3) is 0.680. The highest BCUT2D eigenvalue weighted by atomic mass is 35.5. The number of hydrogen-bond donors (Lipinski definition) is 3. The summed E-state index contributed by atoms with van der Waals surface area (Å²) < 4.78 is 0. The van der Waals surface area contributed by atoms with Crippen LogP contribution in [0.25, 0.3) is 0 Å². The standard InChI is InChI=1S/C25H41N3O2.ClH/c1-16(2)13-22(26)25(30)28-23(19-9-7-6-8-10-19)15-27-24(29)21-14-18(5)11-12-20(21)17(3)4;/h6-10,16-18,20-23H,11-15,26H2,1-5H3,(H,27,29)(H,28,30);1H/t18-,20+,21-,22-,23-;/m1./s1. The number of amides is 2. The van der Waals surface area contributed by atoms with Gasteiger partial charge in [-0.15, -0.1) is 12.4 Å². The monoisotopic (exact) mass is 451 g/mol. The van der Waals surface area contributed by atoms with Crippen LogP contribution in [0.3, 0.4) is 0 Å². The van der Waals surface area contributed by atoms with Gasteiger partial charge in [-0.3, -0.25) is 9.59 Å². The summed E-state index contributed by atoms with van der Waals surface area (Å²) in [6.45, 7) is 11.1. The largest absolute Gasteiger partial charge is 0.353 e. The smallest absolute Gasteiger partial charge is 0.237 e. The molecule has 0 aromatic heterocycles. The lowest BCUT2D eigenvalue weighted by atomic mass is 9.70. The van der Waals surface area contributed by atoms with Crippen molar-refractivity contribution in [2.24, 2.45) is 35.3 Å². The van der Waals surface area contributed by atoms with E-state index < -0.39 is 6.04 Å². The van der Waals surface area contributed by atoms with Crippen molar-refractivity contribution in [2.75, 3.05) is 6.54 Å². The molecule has 1 fully saturated rings. The van der Waals surface area contributed by atoms with Crippen LogP contribution in [0, 0.1) is 29.6 Å². The van der Waals surface area contributed by atoms with Crippen LogP contribution in [0.4, 0.5) is 0 Å². The van der Waals surface area contributed by atoms with Crippen LogP contribution < -0.4 is 16.4 Å². The molecule has 176 valence electrons. The summed E-state index contributed by atoms with van der Waals surface area (Å²) in [5.74, 6) is 1.83. The van der Waals surface area contributed by atoms with Crippen molar-refractivity contribution in [3.8, 4) is 0 Å². The van der Waals surface area contributed by atoms with E-state index in [4.69, 9.17) is 5.73 Å². The fourth-order valence-corrected chi connectivity index (χ4v) is 4.67. The minimum atomic E-state index is -0.545. The van der Waals surface area contributed by atoms with E-state index in [1.54, 1.807) is 0 Å². The molecular weight excluding hydrogens is 410 g/mol. The molecule has 1 saturated carbocycles. The van der Waals surface area contributed by atoms with Gasteiger partial charge in [0.2, 0.25) is 11.8 Å². The Morgan fingerprint density at radius 1 is 1.10 bits per heavy atom. The van der Waals surface area contributed by atoms with Gasteiger partial charge < -0.3 is 16.4 Å². The molecule has 1 aromatic rings. The lowest BCUT2D eigenvalue weighted by Crippen LogP contribution is -2.47. The predicted molar refractivity (Wildman–Crippen MR) is 130 cm³/mol. The Hall–Kier alpha value is -1.59. The van der Waals surface area contributed by atoms with Crippen molar-refractivity contribution in [1.29, 1.82) is 0 Å². The fourth-order valence-electron chi connectivity index (χ4n) is 4.67. The zero-order chi connectivity index (χ0) is 22.3. The van der Waals surface area contributed by atoms with Gasteiger partial charge in [-0.25, -0.2) is 0 Å². The third kappa shape index (κ3) is 8.46. The van der Waals surface area contributed by atoms with Gasteiger partial charge >= 0.3 is 0 Å². The highest BCUT2D eigenvalue weighted by Crippen LogP contribution is 2.38. The summed E-state index contributed by atoms with van der Waals surface area (Å²) in [4.78, 5) is 25.8. The number of carbonyl (C=O) groups excluding carboxylic acids is 2. The highest BCUT2D eigenvalue weighted by molar-refractivity contribution is 5.85. The van der Waals surface area contributed by atoms with E-state index in [-0.39, 0.29) is 36.2 Å². The number of halogens is 1. The Morgan fingerprint density at radius 2 is 1.74 bits per heavy atom. The second-order valence-electron chi connectivity index (χ2n) is 9.89. The zero-order valence-corrected chi connectivity index (χ0v) is 20.6. The molecule has 0 heterocycles. The zero-order valence-electron chi connectivity index (χ0n) is 19.8. The Labute approximate surface area is 194 Å². The molecular formula is C25H42ClN3O2. The second kappa shape index (κ2) is 13.1. The maximum absolute atomic E-state index is 13.1. The summed E-state index contributed by atoms with van der Waals surface area (Å²) in [6, 6.07) is 8.96. The first-order valence-electron chi connectivity index (χ1n) is 11.6. The van der Waals surface area contributed by atoms with Crippen molar-refractivity contribution in [3.63, 3.8) is 0 Å². The Kier molecular flexibility index (Phi) is 11.6. The number of nitrogens with two attached hydrogens (primary N) is 1. The van der Waals surface area contributed by atoms with Crippen LogP contribution in [-0.2, 0) is 9.59 Å². The predicted octanol–water partition coefficient (Wildman–Crippen LogP) is 4.46. The van der Waals surface area contributed by atoms with E-state index >= 15 is 0 Å². The van der Waals surface area contributed by atoms with E-state index in [0.717, 1.165) is 18.4 Å². The van der Waals surface area contributed by atoms with Crippen molar-refractivity contribution < 1.29 is 9.59 Å². The first kappa shape index (κ1) is 27.4. The quantitative estimate of drug-likeness (QED) is 0.518. The van der Waals surface area contributed by atoms with Gasteiger partial charge in [-0.2, -0.15) is 0 Å². The van der Waals surface area contributed by atoms with Crippen molar-refractivity contribution in [2.45, 2.75) is 72.4 Å². The molecule has 5 nitrogen and oxygen atoms in total. The van der Waals surface area contributed by atoms with E-state index in [0.29, 0.717) is 36.6 Å². The molecule has 0 saturated heterocycles. The highest BCUT2D eigenvalue weighted by Gasteiger charge is 2.35. The maximum atomic E-state index is 13.1. The van der Waals surface area contributed by atoms with E-state index in [9.17, 15) is 9.59 Å². The summed E-state index contributed by atoms with van der Waals surface area (Å²) in [6.07, 6.45) is 3.88. The number of hydrogen-bond acceptors (Lipinski definition) is 3.